The van der Waals surface area contributed by atoms with Crippen LogP contribution in [-0.2, 0) is 0 Å². The summed E-state index contributed by atoms with van der Waals surface area (Å²) in [5.74, 6) is 0. The van der Waals surface area contributed by atoms with Crippen molar-refractivity contribution in [2.45, 2.75) is 0 Å². The molecule has 11 aromatic rings. The predicted octanol–water partition coefficient (Wildman–Crippen LogP) is 14.6. The summed E-state index contributed by atoms with van der Waals surface area (Å²) in [7, 11) is 0. The van der Waals surface area contributed by atoms with Gasteiger partial charge >= 0.3 is 0 Å². The molecule has 9 aromatic carbocycles. The summed E-state index contributed by atoms with van der Waals surface area (Å²) < 4.78 is 9.04. The third kappa shape index (κ3) is 5.13. The zero-order valence-electron chi connectivity index (χ0n) is 29.9. The zero-order valence-corrected chi connectivity index (χ0v) is 29.9. The third-order valence-electron chi connectivity index (χ3n) is 11.0. The molecular weight excluding hydrogens is 669 g/mol. The van der Waals surface area contributed by atoms with Crippen molar-refractivity contribution in [1.82, 2.24) is 4.57 Å². The molecule has 0 spiro atoms. The Bertz CT molecular complexity index is 3190. The second-order valence-electron chi connectivity index (χ2n) is 14.1. The van der Waals surface area contributed by atoms with Gasteiger partial charge in [-0.1, -0.05) is 152 Å². The average molecular weight is 703 g/mol. The standard InChI is InChI=1S/C52H34N2O/c1-3-13-35(14-4-1)38-16-11-19-42(33-38)53(48-23-12-22-47-45-21-9-10-24-50(45)55-52(47)48)41-29-25-36(26-30-41)39-28-31-44-46-32-27-37-15-7-8-20-43(37)51(46)54(49(44)34-39)40-17-5-2-6-18-40/h1-34H. The van der Waals surface area contributed by atoms with E-state index in [-0.39, 0.29) is 0 Å². The summed E-state index contributed by atoms with van der Waals surface area (Å²) >= 11 is 0. The normalized spacial score (nSPS) is 11.6. The lowest BCUT2D eigenvalue weighted by atomic mass is 10.0. The number of hydrogen-bond acceptors (Lipinski definition) is 2. The van der Waals surface area contributed by atoms with Gasteiger partial charge in [0.2, 0.25) is 0 Å². The number of nitrogens with zero attached hydrogens (tertiary/aromatic N) is 2. The number of fused-ring (bicyclic) bond motifs is 8. The number of anilines is 3. The van der Waals surface area contributed by atoms with Crippen LogP contribution < -0.4 is 4.90 Å². The minimum Gasteiger partial charge on any atom is -0.454 e. The highest BCUT2D eigenvalue weighted by molar-refractivity contribution is 6.19. The first-order valence-electron chi connectivity index (χ1n) is 18.8. The summed E-state index contributed by atoms with van der Waals surface area (Å²) in [5, 5.41) is 7.21. The molecule has 2 heterocycles. The molecule has 3 nitrogen and oxygen atoms in total. The molecular formula is C52H34N2O. The molecule has 3 heteroatoms. The van der Waals surface area contributed by atoms with Crippen LogP contribution in [0.5, 0.6) is 0 Å². The molecule has 0 bridgehead atoms. The number of aromatic nitrogens is 1. The molecule has 0 fully saturated rings. The number of furan rings is 1. The quantitative estimate of drug-likeness (QED) is 0.172. The average Bonchev–Trinajstić information content (AvgIpc) is 3.81. The van der Waals surface area contributed by atoms with E-state index in [9.17, 15) is 0 Å². The van der Waals surface area contributed by atoms with Crippen LogP contribution in [0.25, 0.3) is 82.5 Å². The second-order valence-corrected chi connectivity index (χ2v) is 14.1. The summed E-state index contributed by atoms with van der Waals surface area (Å²) in [6, 6.07) is 73.8. The van der Waals surface area contributed by atoms with Gasteiger partial charge in [0.15, 0.2) is 5.58 Å². The van der Waals surface area contributed by atoms with Crippen molar-refractivity contribution in [1.29, 1.82) is 0 Å². The Kier molecular flexibility index (Phi) is 7.17. The van der Waals surface area contributed by atoms with E-state index < -0.39 is 0 Å². The van der Waals surface area contributed by atoms with Crippen LogP contribution in [0.3, 0.4) is 0 Å². The van der Waals surface area contributed by atoms with Crippen LogP contribution in [0.15, 0.2) is 211 Å². The Hall–Kier alpha value is -7.36. The Labute approximate surface area is 318 Å². The first-order chi connectivity index (χ1) is 27.3. The summed E-state index contributed by atoms with van der Waals surface area (Å²) in [6.07, 6.45) is 0. The molecule has 0 saturated heterocycles. The van der Waals surface area contributed by atoms with Crippen molar-refractivity contribution < 1.29 is 4.42 Å². The van der Waals surface area contributed by atoms with Gasteiger partial charge in [-0.2, -0.15) is 0 Å². The van der Waals surface area contributed by atoms with Crippen LogP contribution in [0, 0.1) is 0 Å². The maximum Gasteiger partial charge on any atom is 0.159 e. The van der Waals surface area contributed by atoms with Crippen molar-refractivity contribution in [2.24, 2.45) is 0 Å². The van der Waals surface area contributed by atoms with Crippen LogP contribution in [0.1, 0.15) is 0 Å². The zero-order chi connectivity index (χ0) is 36.3. The Morgan fingerprint density at radius 2 is 1.02 bits per heavy atom. The number of hydrogen-bond donors (Lipinski definition) is 0. The third-order valence-corrected chi connectivity index (χ3v) is 11.0. The first-order valence-corrected chi connectivity index (χ1v) is 18.8. The van der Waals surface area contributed by atoms with Crippen LogP contribution >= 0.6 is 0 Å². The van der Waals surface area contributed by atoms with Crippen molar-refractivity contribution in [3.05, 3.63) is 206 Å². The largest absolute Gasteiger partial charge is 0.454 e. The van der Waals surface area contributed by atoms with E-state index in [0.717, 1.165) is 55.8 Å². The van der Waals surface area contributed by atoms with E-state index in [4.69, 9.17) is 4.42 Å². The maximum absolute atomic E-state index is 6.61. The van der Waals surface area contributed by atoms with Gasteiger partial charge in [0, 0.05) is 44.0 Å². The van der Waals surface area contributed by atoms with Gasteiger partial charge < -0.3 is 13.9 Å². The number of para-hydroxylation sites is 3. The highest BCUT2D eigenvalue weighted by Crippen LogP contribution is 2.44. The molecule has 0 unspecified atom stereocenters. The Morgan fingerprint density at radius 1 is 0.382 bits per heavy atom. The highest BCUT2D eigenvalue weighted by atomic mass is 16.3. The molecule has 11 rings (SSSR count). The second kappa shape index (κ2) is 12.6. The minimum absolute atomic E-state index is 0.865. The van der Waals surface area contributed by atoms with Crippen molar-refractivity contribution in [3.63, 3.8) is 0 Å². The van der Waals surface area contributed by atoms with E-state index >= 15 is 0 Å². The van der Waals surface area contributed by atoms with Gasteiger partial charge in [0.05, 0.1) is 16.7 Å². The lowest BCUT2D eigenvalue weighted by molar-refractivity contribution is 0.669. The lowest BCUT2D eigenvalue weighted by Gasteiger charge is -2.26. The molecule has 0 aliphatic rings. The number of benzene rings is 9. The van der Waals surface area contributed by atoms with E-state index in [0.29, 0.717) is 0 Å². The molecule has 0 aliphatic heterocycles. The van der Waals surface area contributed by atoms with E-state index in [2.05, 4.69) is 204 Å². The van der Waals surface area contributed by atoms with Gasteiger partial charge in [-0.15, -0.1) is 0 Å². The maximum atomic E-state index is 6.61. The fourth-order valence-corrected chi connectivity index (χ4v) is 8.40. The SMILES string of the molecule is c1ccc(-c2cccc(N(c3ccc(-c4ccc5c6ccc7ccccc7c6n(-c6ccccc6)c5c4)cc3)c3cccc4c3oc3ccccc34)c2)cc1. The summed E-state index contributed by atoms with van der Waals surface area (Å²) in [4.78, 5) is 2.32. The lowest BCUT2D eigenvalue weighted by Crippen LogP contribution is -2.10. The molecule has 0 N–H and O–H groups in total. The molecule has 0 atom stereocenters. The summed E-state index contributed by atoms with van der Waals surface area (Å²) in [6.45, 7) is 0. The molecule has 55 heavy (non-hydrogen) atoms. The van der Waals surface area contributed by atoms with Gasteiger partial charge in [-0.3, -0.25) is 0 Å². The van der Waals surface area contributed by atoms with E-state index in [1.165, 1.54) is 43.7 Å². The molecule has 258 valence electrons. The number of rotatable bonds is 6. The molecule has 0 aliphatic carbocycles. The fraction of sp³-hybridized carbons (Fsp3) is 0. The van der Waals surface area contributed by atoms with Gasteiger partial charge in [-0.05, 0) is 82.2 Å². The van der Waals surface area contributed by atoms with Crippen LogP contribution in [0.2, 0.25) is 0 Å². The van der Waals surface area contributed by atoms with Crippen LogP contribution in [0.4, 0.5) is 17.1 Å². The molecule has 0 saturated carbocycles. The van der Waals surface area contributed by atoms with Gasteiger partial charge in [0.25, 0.3) is 0 Å². The molecule has 2 aromatic heterocycles. The minimum atomic E-state index is 0.865. The smallest absolute Gasteiger partial charge is 0.159 e. The fourth-order valence-electron chi connectivity index (χ4n) is 8.40. The highest BCUT2D eigenvalue weighted by Gasteiger charge is 2.21. The predicted molar refractivity (Wildman–Crippen MR) is 231 cm³/mol. The Balaban J connectivity index is 1.08. The van der Waals surface area contributed by atoms with E-state index in [1.54, 1.807) is 0 Å². The van der Waals surface area contributed by atoms with Gasteiger partial charge in [0.1, 0.15) is 5.58 Å². The van der Waals surface area contributed by atoms with Crippen molar-refractivity contribution in [2.75, 3.05) is 4.90 Å². The Morgan fingerprint density at radius 3 is 1.87 bits per heavy atom. The molecule has 0 amide bonds. The van der Waals surface area contributed by atoms with Crippen molar-refractivity contribution >= 4 is 71.6 Å². The van der Waals surface area contributed by atoms with Crippen molar-refractivity contribution in [3.8, 4) is 27.9 Å². The monoisotopic (exact) mass is 702 g/mol. The van der Waals surface area contributed by atoms with Gasteiger partial charge in [-0.25, -0.2) is 0 Å². The van der Waals surface area contributed by atoms with Crippen LogP contribution in [-0.4, -0.2) is 4.57 Å². The summed E-state index contributed by atoms with van der Waals surface area (Å²) in [5.41, 5.74) is 13.1. The molecule has 0 radical (unpaired) electrons. The topological polar surface area (TPSA) is 21.3 Å². The van der Waals surface area contributed by atoms with E-state index in [1.807, 2.05) is 12.1 Å². The first kappa shape index (κ1) is 31.2.